The lowest BCUT2D eigenvalue weighted by Crippen LogP contribution is -2.22. The number of hydrogen-bond donors (Lipinski definition) is 0. The van der Waals surface area contributed by atoms with Crippen LogP contribution in [0, 0.1) is 0 Å². The predicted molar refractivity (Wildman–Crippen MR) is 78.5 cm³/mol. The van der Waals surface area contributed by atoms with Crippen LogP contribution < -0.4 is 0 Å². The van der Waals surface area contributed by atoms with E-state index in [0.717, 1.165) is 23.0 Å². The van der Waals surface area contributed by atoms with Crippen LogP contribution in [0.1, 0.15) is 13.8 Å². The molecule has 0 saturated heterocycles. The second-order valence-corrected chi connectivity index (χ2v) is 5.47. The first-order chi connectivity index (χ1) is 9.58. The average molecular weight is 286 g/mol. The van der Waals surface area contributed by atoms with Crippen LogP contribution in [0.25, 0.3) is 11.3 Å². The summed E-state index contributed by atoms with van der Waals surface area (Å²) in [7, 11) is 0. The lowest BCUT2D eigenvalue weighted by atomic mass is 10.1. The number of benzene rings is 1. The Morgan fingerprint density at radius 3 is 2.10 bits per heavy atom. The molecule has 0 atom stereocenters. The van der Waals surface area contributed by atoms with Gasteiger partial charge >= 0.3 is 0 Å². The molecule has 0 N–H and O–H groups in total. The molecule has 0 unspecified atom stereocenters. The number of Topliss-reactive ketones (excluding diaryl/α,β-unsaturated/α-hetero) is 2. The van der Waals surface area contributed by atoms with Gasteiger partial charge in [0.2, 0.25) is 0 Å². The summed E-state index contributed by atoms with van der Waals surface area (Å²) in [6, 6.07) is 13.3. The maximum absolute atomic E-state index is 11.4. The lowest BCUT2D eigenvalue weighted by molar-refractivity contribution is -0.123. The number of carbonyl (C=O) groups is 2. The minimum absolute atomic E-state index is 0.170. The van der Waals surface area contributed by atoms with E-state index in [1.54, 1.807) is 6.07 Å². The summed E-state index contributed by atoms with van der Waals surface area (Å²) in [5, 5.41) is 8.06. The molecule has 4 nitrogen and oxygen atoms in total. The van der Waals surface area contributed by atoms with Gasteiger partial charge in [-0.05, 0) is 26.0 Å². The van der Waals surface area contributed by atoms with Crippen LogP contribution in [0.5, 0.6) is 0 Å². The largest absolute Gasteiger partial charge is 0.298 e. The van der Waals surface area contributed by atoms with Gasteiger partial charge in [-0.15, -0.1) is 10.2 Å². The zero-order valence-electron chi connectivity index (χ0n) is 11.2. The quantitative estimate of drug-likeness (QED) is 0.625. The maximum Gasteiger partial charge on any atom is 0.150 e. The third kappa shape index (κ3) is 3.51. The molecule has 0 bridgehead atoms. The molecule has 1 heterocycles. The van der Waals surface area contributed by atoms with E-state index in [1.807, 2.05) is 36.4 Å². The van der Waals surface area contributed by atoms with E-state index in [0.29, 0.717) is 5.03 Å². The minimum Gasteiger partial charge on any atom is -0.298 e. The molecule has 2 rings (SSSR count). The number of hydrogen-bond acceptors (Lipinski definition) is 5. The molecule has 2 aromatic rings. The molecule has 0 spiro atoms. The molecule has 1 aromatic heterocycles. The fourth-order valence-corrected chi connectivity index (χ4v) is 2.53. The Balaban J connectivity index is 2.16. The van der Waals surface area contributed by atoms with E-state index in [1.165, 1.54) is 13.8 Å². The van der Waals surface area contributed by atoms with Crippen molar-refractivity contribution < 1.29 is 9.59 Å². The second-order valence-electron chi connectivity index (χ2n) is 4.34. The third-order valence-electron chi connectivity index (χ3n) is 2.69. The Morgan fingerprint density at radius 2 is 1.60 bits per heavy atom. The van der Waals surface area contributed by atoms with Gasteiger partial charge in [0.25, 0.3) is 0 Å². The maximum atomic E-state index is 11.4. The van der Waals surface area contributed by atoms with Crippen molar-refractivity contribution >= 4 is 23.3 Å². The van der Waals surface area contributed by atoms with Gasteiger partial charge in [0.05, 0.1) is 5.69 Å². The Hall–Kier alpha value is -2.01. The van der Waals surface area contributed by atoms with Crippen LogP contribution in [-0.4, -0.2) is 27.0 Å². The van der Waals surface area contributed by atoms with Gasteiger partial charge in [-0.1, -0.05) is 42.1 Å². The molecule has 102 valence electrons. The van der Waals surface area contributed by atoms with Crippen molar-refractivity contribution in [3.8, 4) is 11.3 Å². The van der Waals surface area contributed by atoms with Gasteiger partial charge in [-0.25, -0.2) is 0 Å². The van der Waals surface area contributed by atoms with E-state index in [4.69, 9.17) is 0 Å². The molecule has 5 heteroatoms. The van der Waals surface area contributed by atoms with E-state index < -0.39 is 5.25 Å². The first-order valence-electron chi connectivity index (χ1n) is 6.14. The predicted octanol–water partition coefficient (Wildman–Crippen LogP) is 2.78. The highest BCUT2D eigenvalue weighted by atomic mass is 32.2. The van der Waals surface area contributed by atoms with Crippen molar-refractivity contribution in [1.82, 2.24) is 10.2 Å². The molecule has 1 aromatic carbocycles. The summed E-state index contributed by atoms with van der Waals surface area (Å²) in [6.07, 6.45) is 0. The summed E-state index contributed by atoms with van der Waals surface area (Å²) in [4.78, 5) is 22.8. The fourth-order valence-electron chi connectivity index (χ4n) is 1.72. The molecule has 0 amide bonds. The fraction of sp³-hybridized carbons (Fsp3) is 0.200. The number of ketones is 2. The lowest BCUT2D eigenvalue weighted by Gasteiger charge is -2.08. The number of carbonyl (C=O) groups excluding carboxylic acids is 2. The summed E-state index contributed by atoms with van der Waals surface area (Å²) in [5.41, 5.74) is 1.74. The molecule has 0 fully saturated rings. The highest BCUT2D eigenvalue weighted by Gasteiger charge is 2.21. The zero-order chi connectivity index (χ0) is 14.5. The van der Waals surface area contributed by atoms with Gasteiger partial charge in [0, 0.05) is 5.56 Å². The molecule has 20 heavy (non-hydrogen) atoms. The van der Waals surface area contributed by atoms with Crippen LogP contribution in [0.3, 0.4) is 0 Å². The van der Waals surface area contributed by atoms with Gasteiger partial charge in [-0.3, -0.25) is 9.59 Å². The molecular formula is C15H14N2O2S. The SMILES string of the molecule is CC(=O)C(Sc1ccc(-c2ccccc2)nn1)C(C)=O. The van der Waals surface area contributed by atoms with Crippen molar-refractivity contribution in [3.63, 3.8) is 0 Å². The molecule has 0 saturated carbocycles. The Kier molecular flexibility index (Phi) is 4.63. The van der Waals surface area contributed by atoms with Crippen LogP contribution in [-0.2, 0) is 9.59 Å². The van der Waals surface area contributed by atoms with E-state index in [2.05, 4.69) is 10.2 Å². The molecule has 0 aliphatic carbocycles. The van der Waals surface area contributed by atoms with Crippen molar-refractivity contribution in [1.29, 1.82) is 0 Å². The number of rotatable bonds is 5. The van der Waals surface area contributed by atoms with Crippen molar-refractivity contribution in [2.75, 3.05) is 0 Å². The van der Waals surface area contributed by atoms with Crippen molar-refractivity contribution in [2.24, 2.45) is 0 Å². The van der Waals surface area contributed by atoms with E-state index in [9.17, 15) is 9.59 Å². The zero-order valence-corrected chi connectivity index (χ0v) is 12.1. The van der Waals surface area contributed by atoms with Crippen LogP contribution in [0.15, 0.2) is 47.5 Å². The average Bonchev–Trinajstić information content (AvgIpc) is 2.45. The van der Waals surface area contributed by atoms with Gasteiger partial charge in [-0.2, -0.15) is 0 Å². The van der Waals surface area contributed by atoms with Gasteiger partial charge in [0.15, 0.2) is 11.6 Å². The topological polar surface area (TPSA) is 59.9 Å². The summed E-state index contributed by atoms with van der Waals surface area (Å²) >= 11 is 1.14. The number of aromatic nitrogens is 2. The first kappa shape index (κ1) is 14.4. The Bertz CT molecular complexity index is 598. The standard InChI is InChI=1S/C15H14N2O2S/c1-10(18)15(11(2)19)20-14-9-8-13(16-17-14)12-6-4-3-5-7-12/h3-9,15H,1-2H3. The van der Waals surface area contributed by atoms with Crippen molar-refractivity contribution in [3.05, 3.63) is 42.5 Å². The monoisotopic (exact) mass is 286 g/mol. The molecule has 0 radical (unpaired) electrons. The van der Waals surface area contributed by atoms with Crippen molar-refractivity contribution in [2.45, 2.75) is 24.1 Å². The molecule has 0 aliphatic rings. The number of nitrogens with zero attached hydrogens (tertiary/aromatic N) is 2. The van der Waals surface area contributed by atoms with Crippen LogP contribution in [0.4, 0.5) is 0 Å². The van der Waals surface area contributed by atoms with E-state index >= 15 is 0 Å². The second kappa shape index (κ2) is 6.43. The smallest absolute Gasteiger partial charge is 0.150 e. The molecule has 0 aliphatic heterocycles. The highest BCUT2D eigenvalue weighted by molar-refractivity contribution is 8.01. The summed E-state index contributed by atoms with van der Waals surface area (Å²) in [5.74, 6) is -0.340. The van der Waals surface area contributed by atoms with Crippen LogP contribution >= 0.6 is 11.8 Å². The summed E-state index contributed by atoms with van der Waals surface area (Å²) in [6.45, 7) is 2.82. The van der Waals surface area contributed by atoms with Gasteiger partial charge < -0.3 is 0 Å². The minimum atomic E-state index is -0.702. The number of thioether (sulfide) groups is 1. The first-order valence-corrected chi connectivity index (χ1v) is 7.02. The third-order valence-corrected chi connectivity index (χ3v) is 4.05. The Labute approximate surface area is 121 Å². The van der Waals surface area contributed by atoms with Crippen LogP contribution in [0.2, 0.25) is 0 Å². The van der Waals surface area contributed by atoms with Gasteiger partial charge in [0.1, 0.15) is 10.3 Å². The molecular weight excluding hydrogens is 272 g/mol. The van der Waals surface area contributed by atoms with E-state index in [-0.39, 0.29) is 11.6 Å². The Morgan fingerprint density at radius 1 is 0.950 bits per heavy atom. The highest BCUT2D eigenvalue weighted by Crippen LogP contribution is 2.24. The summed E-state index contributed by atoms with van der Waals surface area (Å²) < 4.78 is 0. The normalized spacial score (nSPS) is 10.6.